The molecule has 2 N–H and O–H groups in total. The van der Waals surface area contributed by atoms with E-state index in [2.05, 4.69) is 20.3 Å². The summed E-state index contributed by atoms with van der Waals surface area (Å²) in [6.45, 7) is 7.92. The van der Waals surface area contributed by atoms with Crippen LogP contribution in [0, 0.1) is 12.7 Å². The molecule has 0 fully saturated rings. The van der Waals surface area contributed by atoms with Gasteiger partial charge in [0.2, 0.25) is 0 Å². The molecule has 0 bridgehead atoms. The van der Waals surface area contributed by atoms with Crippen LogP contribution in [0.2, 0.25) is 0 Å². The van der Waals surface area contributed by atoms with Crippen LogP contribution in [0.5, 0.6) is 0 Å². The molecule has 0 aliphatic rings. The summed E-state index contributed by atoms with van der Waals surface area (Å²) in [5.74, 6) is -6.04. The molecule has 3 rings (SSSR count). The average molecular weight is 479 g/mol. The maximum atomic E-state index is 15.2. The van der Waals surface area contributed by atoms with Gasteiger partial charge in [-0.05, 0) is 46.2 Å². The molecule has 0 aliphatic heterocycles. The number of aryl methyl sites for hydroxylation is 1. The normalized spacial score (nSPS) is 13.1. The second-order valence-corrected chi connectivity index (χ2v) is 11.2. The first-order chi connectivity index (χ1) is 15.4. The fourth-order valence-corrected chi connectivity index (χ4v) is 4.12. The Hall–Kier alpha value is -3.00. The van der Waals surface area contributed by atoms with Crippen molar-refractivity contribution in [2.45, 2.75) is 32.7 Å². The first-order valence-corrected chi connectivity index (χ1v) is 12.9. The van der Waals surface area contributed by atoms with Crippen LogP contribution in [0.1, 0.15) is 36.8 Å². The molecule has 1 aromatic carbocycles. The van der Waals surface area contributed by atoms with Gasteiger partial charge in [0.1, 0.15) is 30.0 Å². The van der Waals surface area contributed by atoms with Gasteiger partial charge < -0.3 is 15.2 Å². The van der Waals surface area contributed by atoms with E-state index in [9.17, 15) is 18.1 Å². The van der Waals surface area contributed by atoms with Gasteiger partial charge in [0, 0.05) is 17.5 Å². The van der Waals surface area contributed by atoms with Crippen molar-refractivity contribution in [3.8, 4) is 0 Å². The Labute approximate surface area is 189 Å². The van der Waals surface area contributed by atoms with Crippen LogP contribution in [0.15, 0.2) is 30.5 Å². The number of nitrogens with zero attached hydrogens (tertiary/aromatic N) is 3. The number of alkyl halides is 2. The molecule has 11 heteroatoms. The molecule has 1 atom stereocenters. The molecule has 0 aliphatic carbocycles. The molecule has 1 amide bonds. The lowest BCUT2D eigenvalue weighted by Gasteiger charge is -2.21. The van der Waals surface area contributed by atoms with E-state index < -0.39 is 36.4 Å². The molecule has 0 saturated carbocycles. The maximum absolute atomic E-state index is 15.2. The number of nitrogens with one attached hydrogen (secondary N) is 2. The lowest BCUT2D eigenvalue weighted by molar-refractivity contribution is -0.147. The van der Waals surface area contributed by atoms with E-state index in [4.69, 9.17) is 0 Å². The molecular formula is C22H25F3N5O2P. The highest BCUT2D eigenvalue weighted by Crippen LogP contribution is 2.36. The SMILES string of the molecule is CCNC(=O)C(F)(F)c1cccc(C(C)Nc2nc(C)nc3cnc(P(C)(C)=O)cc23)c1F. The number of hydrogen-bond donors (Lipinski definition) is 2. The van der Waals surface area contributed by atoms with Gasteiger partial charge >= 0.3 is 5.92 Å². The highest BCUT2D eigenvalue weighted by Gasteiger charge is 2.43. The van der Waals surface area contributed by atoms with Crippen molar-refractivity contribution < 1.29 is 22.5 Å². The summed E-state index contributed by atoms with van der Waals surface area (Å²) in [7, 11) is -2.67. The zero-order valence-corrected chi connectivity index (χ0v) is 19.8. The Kier molecular flexibility index (Phi) is 6.79. The molecule has 0 spiro atoms. The number of aromatic nitrogens is 3. The number of amides is 1. The van der Waals surface area contributed by atoms with Crippen molar-refractivity contribution in [3.63, 3.8) is 0 Å². The Balaban J connectivity index is 2.04. The minimum atomic E-state index is -4.03. The summed E-state index contributed by atoms with van der Waals surface area (Å²) in [6.07, 6.45) is 1.49. The Morgan fingerprint density at radius 3 is 2.58 bits per heavy atom. The third-order valence-corrected chi connectivity index (χ3v) is 6.39. The van der Waals surface area contributed by atoms with E-state index in [1.807, 2.05) is 5.32 Å². The van der Waals surface area contributed by atoms with Crippen molar-refractivity contribution in [1.29, 1.82) is 0 Å². The average Bonchev–Trinajstić information content (AvgIpc) is 2.72. The van der Waals surface area contributed by atoms with Gasteiger partial charge in [0.25, 0.3) is 5.91 Å². The molecule has 1 unspecified atom stereocenters. The minimum absolute atomic E-state index is 0.00682. The zero-order valence-electron chi connectivity index (χ0n) is 18.9. The summed E-state index contributed by atoms with van der Waals surface area (Å²) in [5.41, 5.74) is -0.196. The second-order valence-electron chi connectivity index (χ2n) is 8.04. The fourth-order valence-electron chi connectivity index (χ4n) is 3.35. The monoisotopic (exact) mass is 479 g/mol. The van der Waals surface area contributed by atoms with Crippen LogP contribution in [-0.2, 0) is 15.3 Å². The van der Waals surface area contributed by atoms with Gasteiger partial charge in [-0.1, -0.05) is 12.1 Å². The molecule has 0 radical (unpaired) electrons. The smallest absolute Gasteiger partial charge is 0.352 e. The van der Waals surface area contributed by atoms with Crippen molar-refractivity contribution in [2.75, 3.05) is 25.2 Å². The summed E-state index contributed by atoms with van der Waals surface area (Å²) in [5, 5.41) is 5.59. The quantitative estimate of drug-likeness (QED) is 0.495. The highest BCUT2D eigenvalue weighted by atomic mass is 31.2. The number of anilines is 1. The number of benzene rings is 1. The van der Waals surface area contributed by atoms with Gasteiger partial charge in [0.05, 0.1) is 23.3 Å². The number of hydrogen-bond acceptors (Lipinski definition) is 6. The van der Waals surface area contributed by atoms with E-state index in [1.165, 1.54) is 25.3 Å². The first kappa shape index (κ1) is 24.6. The topological polar surface area (TPSA) is 96.9 Å². The molecule has 33 heavy (non-hydrogen) atoms. The Morgan fingerprint density at radius 1 is 1.24 bits per heavy atom. The highest BCUT2D eigenvalue weighted by molar-refractivity contribution is 7.69. The standard InChI is InChI=1S/C22H25F3N5O2P/c1-6-26-21(31)22(24,25)16-9-7-8-14(19(16)23)12(2)28-20-15-10-18(33(4,5)32)27-11-17(15)29-13(3)30-20/h7-12H,6H2,1-5H3,(H,26,31)(H,28,29,30). The summed E-state index contributed by atoms with van der Waals surface area (Å²) >= 11 is 0. The van der Waals surface area contributed by atoms with Crippen molar-refractivity contribution in [3.05, 3.63) is 53.2 Å². The van der Waals surface area contributed by atoms with Crippen LogP contribution < -0.4 is 16.1 Å². The van der Waals surface area contributed by atoms with Gasteiger partial charge in [-0.25, -0.2) is 14.4 Å². The summed E-state index contributed by atoms with van der Waals surface area (Å²) in [6, 6.07) is 4.34. The first-order valence-electron chi connectivity index (χ1n) is 10.3. The van der Waals surface area contributed by atoms with Gasteiger partial charge in [-0.3, -0.25) is 9.78 Å². The molecule has 7 nitrogen and oxygen atoms in total. The van der Waals surface area contributed by atoms with E-state index in [1.54, 1.807) is 33.2 Å². The number of halogens is 3. The van der Waals surface area contributed by atoms with Crippen molar-refractivity contribution in [1.82, 2.24) is 20.3 Å². The van der Waals surface area contributed by atoms with Gasteiger partial charge in [0.15, 0.2) is 0 Å². The molecule has 3 aromatic rings. The lowest BCUT2D eigenvalue weighted by Crippen LogP contribution is -2.38. The van der Waals surface area contributed by atoms with Crippen LogP contribution >= 0.6 is 7.14 Å². The second kappa shape index (κ2) is 9.09. The molecule has 2 heterocycles. The largest absolute Gasteiger partial charge is 0.363 e. The molecule has 0 saturated heterocycles. The molecule has 176 valence electrons. The van der Waals surface area contributed by atoms with E-state index >= 15 is 4.39 Å². The Bertz CT molecular complexity index is 1260. The van der Waals surface area contributed by atoms with Crippen LogP contribution in [0.25, 0.3) is 10.9 Å². The predicted octanol–water partition coefficient (Wildman–Crippen LogP) is 4.12. The molecule has 2 aromatic heterocycles. The van der Waals surface area contributed by atoms with Crippen LogP contribution in [0.3, 0.4) is 0 Å². The third-order valence-electron chi connectivity index (χ3n) is 5.04. The predicted molar refractivity (Wildman–Crippen MR) is 122 cm³/mol. The number of likely N-dealkylation sites (N-methyl/N-ethyl adjacent to an activating group) is 1. The van der Waals surface area contributed by atoms with E-state index in [-0.39, 0.29) is 12.1 Å². The number of pyridine rings is 1. The summed E-state index contributed by atoms with van der Waals surface area (Å²) < 4.78 is 56.8. The van der Waals surface area contributed by atoms with E-state index in [0.29, 0.717) is 28.0 Å². The van der Waals surface area contributed by atoms with E-state index in [0.717, 1.165) is 6.07 Å². The number of rotatable bonds is 7. The third kappa shape index (κ3) is 5.00. The van der Waals surface area contributed by atoms with Crippen molar-refractivity contribution >= 4 is 35.2 Å². The maximum Gasteiger partial charge on any atom is 0.352 e. The van der Waals surface area contributed by atoms with Gasteiger partial charge in [-0.15, -0.1) is 0 Å². The number of fused-ring (bicyclic) bond motifs is 1. The fraction of sp³-hybridized carbons (Fsp3) is 0.364. The minimum Gasteiger partial charge on any atom is -0.363 e. The zero-order chi connectivity index (χ0) is 24.6. The summed E-state index contributed by atoms with van der Waals surface area (Å²) in [4.78, 5) is 24.7. The number of carbonyl (C=O) groups excluding carboxylic acids is 1. The number of carbonyl (C=O) groups is 1. The molecular weight excluding hydrogens is 454 g/mol. The van der Waals surface area contributed by atoms with Crippen LogP contribution in [0.4, 0.5) is 19.0 Å². The van der Waals surface area contributed by atoms with Gasteiger partial charge in [-0.2, -0.15) is 8.78 Å². The Morgan fingerprint density at radius 2 is 1.94 bits per heavy atom. The van der Waals surface area contributed by atoms with Crippen molar-refractivity contribution in [2.24, 2.45) is 0 Å². The lowest BCUT2D eigenvalue weighted by atomic mass is 9.99. The van der Waals surface area contributed by atoms with Crippen LogP contribution in [-0.4, -0.2) is 40.7 Å².